The summed E-state index contributed by atoms with van der Waals surface area (Å²) in [6.45, 7) is 6.09. The molecule has 1 N–H and O–H groups in total. The summed E-state index contributed by atoms with van der Waals surface area (Å²) in [6, 6.07) is 13.4. The molecule has 0 unspecified atom stereocenters. The molecular weight excluding hydrogens is 281 g/mol. The lowest BCUT2D eigenvalue weighted by Crippen LogP contribution is -2.23. The molecule has 0 spiro atoms. The minimum absolute atomic E-state index is 0.0761. The van der Waals surface area contributed by atoms with E-state index in [1.54, 1.807) is 6.07 Å². The molecule has 0 aromatic heterocycles. The van der Waals surface area contributed by atoms with Crippen molar-refractivity contribution in [2.24, 2.45) is 0 Å². The number of benzene rings is 2. The van der Waals surface area contributed by atoms with Crippen molar-refractivity contribution < 1.29 is 13.9 Å². The molecule has 0 bridgehead atoms. The van der Waals surface area contributed by atoms with Gasteiger partial charge in [0.15, 0.2) is 6.61 Å². The van der Waals surface area contributed by atoms with Crippen LogP contribution >= 0.6 is 0 Å². The van der Waals surface area contributed by atoms with Crippen molar-refractivity contribution in [1.29, 1.82) is 0 Å². The summed E-state index contributed by atoms with van der Waals surface area (Å²) in [5, 5.41) is 2.84. The molecule has 2 rings (SSSR count). The van der Waals surface area contributed by atoms with Crippen LogP contribution in [0, 0.1) is 5.82 Å². The first kappa shape index (κ1) is 16.0. The molecule has 3 nitrogen and oxygen atoms in total. The summed E-state index contributed by atoms with van der Waals surface area (Å²) in [5.41, 5.74) is 1.74. The molecule has 116 valence electrons. The van der Waals surface area contributed by atoms with Crippen molar-refractivity contribution in [1.82, 2.24) is 0 Å². The Morgan fingerprint density at radius 2 is 1.86 bits per heavy atom. The average molecular weight is 301 g/mol. The van der Waals surface area contributed by atoms with Crippen LogP contribution in [0.15, 0.2) is 48.5 Å². The molecular formula is C18H20FNO2. The highest BCUT2D eigenvalue weighted by Gasteiger charge is 2.18. The van der Waals surface area contributed by atoms with Crippen LogP contribution in [0.2, 0.25) is 0 Å². The van der Waals surface area contributed by atoms with Crippen molar-refractivity contribution >= 4 is 11.6 Å². The number of halogens is 1. The predicted octanol–water partition coefficient (Wildman–Crippen LogP) is 4.14. The van der Waals surface area contributed by atoms with Gasteiger partial charge in [-0.05, 0) is 29.2 Å². The Labute approximate surface area is 130 Å². The number of para-hydroxylation sites is 1. The Bertz CT molecular complexity index is 662. The van der Waals surface area contributed by atoms with Gasteiger partial charge in [0.05, 0.1) is 0 Å². The van der Waals surface area contributed by atoms with Crippen LogP contribution in [0.3, 0.4) is 0 Å². The normalized spacial score (nSPS) is 11.1. The molecule has 4 heteroatoms. The van der Waals surface area contributed by atoms with Gasteiger partial charge in [-0.1, -0.05) is 45.0 Å². The summed E-state index contributed by atoms with van der Waals surface area (Å²) in [4.78, 5) is 12.0. The molecule has 0 radical (unpaired) electrons. The summed E-state index contributed by atoms with van der Waals surface area (Å²) in [5.74, 6) is -0.337. The monoisotopic (exact) mass is 301 g/mol. The second kappa shape index (κ2) is 6.60. The van der Waals surface area contributed by atoms with Crippen LogP contribution in [-0.4, -0.2) is 12.5 Å². The third-order valence-electron chi connectivity index (χ3n) is 3.18. The molecule has 0 saturated carbocycles. The van der Waals surface area contributed by atoms with Crippen molar-refractivity contribution in [2.45, 2.75) is 26.2 Å². The van der Waals surface area contributed by atoms with Gasteiger partial charge in [-0.25, -0.2) is 4.39 Å². The highest BCUT2D eigenvalue weighted by Crippen LogP contribution is 2.29. The van der Waals surface area contributed by atoms with Gasteiger partial charge in [0.2, 0.25) is 0 Å². The summed E-state index contributed by atoms with van der Waals surface area (Å²) in [6.07, 6.45) is 0. The number of hydrogen-bond donors (Lipinski definition) is 1. The lowest BCUT2D eigenvalue weighted by molar-refractivity contribution is -0.118. The van der Waals surface area contributed by atoms with Gasteiger partial charge in [0.1, 0.15) is 11.6 Å². The van der Waals surface area contributed by atoms with Crippen LogP contribution < -0.4 is 10.1 Å². The molecule has 0 aliphatic heterocycles. The number of carbonyl (C=O) groups is 1. The molecule has 1 amide bonds. The molecule has 2 aromatic carbocycles. The Hall–Kier alpha value is -2.36. The first-order chi connectivity index (χ1) is 10.4. The molecule has 2 aromatic rings. The predicted molar refractivity (Wildman–Crippen MR) is 85.7 cm³/mol. The van der Waals surface area contributed by atoms with E-state index in [1.165, 1.54) is 18.2 Å². The molecule has 22 heavy (non-hydrogen) atoms. The van der Waals surface area contributed by atoms with Gasteiger partial charge in [0, 0.05) is 11.8 Å². The van der Waals surface area contributed by atoms with E-state index >= 15 is 0 Å². The van der Waals surface area contributed by atoms with E-state index in [4.69, 9.17) is 4.74 Å². The van der Waals surface area contributed by atoms with Crippen LogP contribution in [0.25, 0.3) is 0 Å². The van der Waals surface area contributed by atoms with Crippen molar-refractivity contribution in [3.63, 3.8) is 0 Å². The summed E-state index contributed by atoms with van der Waals surface area (Å²) in [7, 11) is 0. The number of rotatable bonds is 4. The fraction of sp³-hybridized carbons (Fsp3) is 0.278. The standard InChI is InChI=1S/C18H20FNO2/c1-18(2,3)15-9-4-5-10-16(15)20-17(21)12-22-14-8-6-7-13(19)11-14/h4-11H,12H2,1-3H3,(H,20,21). The van der Waals surface area contributed by atoms with Crippen molar-refractivity contribution in [2.75, 3.05) is 11.9 Å². The van der Waals surface area contributed by atoms with Gasteiger partial charge in [0.25, 0.3) is 5.91 Å². The fourth-order valence-corrected chi connectivity index (χ4v) is 2.14. The van der Waals surface area contributed by atoms with E-state index in [1.807, 2.05) is 24.3 Å². The van der Waals surface area contributed by atoms with Crippen LogP contribution in [0.1, 0.15) is 26.3 Å². The average Bonchev–Trinajstić information content (AvgIpc) is 2.45. The maximum Gasteiger partial charge on any atom is 0.262 e. The molecule has 0 aliphatic rings. The van der Waals surface area contributed by atoms with Gasteiger partial charge in [-0.15, -0.1) is 0 Å². The number of hydrogen-bond acceptors (Lipinski definition) is 2. The molecule has 0 fully saturated rings. The second-order valence-electron chi connectivity index (χ2n) is 6.09. The van der Waals surface area contributed by atoms with Gasteiger partial charge in [-0.3, -0.25) is 4.79 Å². The first-order valence-corrected chi connectivity index (χ1v) is 7.14. The maximum atomic E-state index is 13.0. The van der Waals surface area contributed by atoms with Gasteiger partial charge < -0.3 is 10.1 Å². The third-order valence-corrected chi connectivity index (χ3v) is 3.18. The van der Waals surface area contributed by atoms with Crippen LogP contribution in [-0.2, 0) is 10.2 Å². The smallest absolute Gasteiger partial charge is 0.262 e. The van der Waals surface area contributed by atoms with E-state index in [9.17, 15) is 9.18 Å². The minimum Gasteiger partial charge on any atom is -0.484 e. The number of amides is 1. The second-order valence-corrected chi connectivity index (χ2v) is 6.09. The zero-order valence-electron chi connectivity index (χ0n) is 13.0. The van der Waals surface area contributed by atoms with E-state index in [0.717, 1.165) is 11.3 Å². The van der Waals surface area contributed by atoms with E-state index in [2.05, 4.69) is 26.1 Å². The minimum atomic E-state index is -0.393. The number of anilines is 1. The summed E-state index contributed by atoms with van der Waals surface area (Å²) >= 11 is 0. The van der Waals surface area contributed by atoms with E-state index in [0.29, 0.717) is 5.75 Å². The zero-order chi connectivity index (χ0) is 16.2. The Morgan fingerprint density at radius 3 is 2.55 bits per heavy atom. The fourth-order valence-electron chi connectivity index (χ4n) is 2.14. The van der Waals surface area contributed by atoms with Gasteiger partial charge in [-0.2, -0.15) is 0 Å². The Kier molecular flexibility index (Phi) is 4.81. The number of carbonyl (C=O) groups excluding carboxylic acids is 1. The molecule has 0 atom stereocenters. The number of ether oxygens (including phenoxy) is 1. The van der Waals surface area contributed by atoms with Crippen LogP contribution in [0.5, 0.6) is 5.75 Å². The maximum absolute atomic E-state index is 13.0. The zero-order valence-corrected chi connectivity index (χ0v) is 13.0. The van der Waals surface area contributed by atoms with E-state index in [-0.39, 0.29) is 17.9 Å². The quantitative estimate of drug-likeness (QED) is 0.921. The van der Waals surface area contributed by atoms with Crippen molar-refractivity contribution in [3.8, 4) is 5.75 Å². The Morgan fingerprint density at radius 1 is 1.14 bits per heavy atom. The summed E-state index contributed by atoms with van der Waals surface area (Å²) < 4.78 is 18.3. The SMILES string of the molecule is CC(C)(C)c1ccccc1NC(=O)COc1cccc(F)c1. The lowest BCUT2D eigenvalue weighted by atomic mass is 9.86. The van der Waals surface area contributed by atoms with Gasteiger partial charge >= 0.3 is 0 Å². The topological polar surface area (TPSA) is 38.3 Å². The molecule has 0 aliphatic carbocycles. The first-order valence-electron chi connectivity index (χ1n) is 7.14. The number of nitrogens with one attached hydrogen (secondary N) is 1. The Balaban J connectivity index is 2.01. The molecule has 0 saturated heterocycles. The van der Waals surface area contributed by atoms with E-state index < -0.39 is 5.82 Å². The molecule has 0 heterocycles. The highest BCUT2D eigenvalue weighted by molar-refractivity contribution is 5.92. The van der Waals surface area contributed by atoms with Crippen molar-refractivity contribution in [3.05, 3.63) is 59.9 Å². The third kappa shape index (κ3) is 4.32. The van der Waals surface area contributed by atoms with Crippen LogP contribution in [0.4, 0.5) is 10.1 Å². The lowest BCUT2D eigenvalue weighted by Gasteiger charge is -2.23. The highest BCUT2D eigenvalue weighted by atomic mass is 19.1. The largest absolute Gasteiger partial charge is 0.484 e.